The molecule has 0 aliphatic heterocycles. The molecule has 3 N–H and O–H groups in total. The van der Waals surface area contributed by atoms with Crippen molar-refractivity contribution >= 4 is 11.7 Å². The van der Waals surface area contributed by atoms with Crippen LogP contribution in [0.3, 0.4) is 0 Å². The monoisotopic (exact) mass is 213 g/mol. The third-order valence-electron chi connectivity index (χ3n) is 1.88. The van der Waals surface area contributed by atoms with Crippen LogP contribution in [0.1, 0.15) is 16.8 Å². The van der Waals surface area contributed by atoms with Gasteiger partial charge in [-0.25, -0.2) is 9.18 Å². The highest BCUT2D eigenvalue weighted by atomic mass is 19.1. The molecule has 4 nitrogen and oxygen atoms in total. The van der Waals surface area contributed by atoms with Crippen molar-refractivity contribution in [2.45, 2.75) is 6.42 Å². The van der Waals surface area contributed by atoms with E-state index in [9.17, 15) is 9.18 Å². The van der Waals surface area contributed by atoms with Gasteiger partial charge in [0.15, 0.2) is 0 Å². The van der Waals surface area contributed by atoms with E-state index in [0.717, 1.165) is 6.07 Å². The van der Waals surface area contributed by atoms with E-state index in [4.69, 9.17) is 10.2 Å². The fraction of sp³-hybridized carbons (Fsp3) is 0.300. The van der Waals surface area contributed by atoms with Gasteiger partial charge < -0.3 is 15.5 Å². The Morgan fingerprint density at radius 1 is 1.47 bits per heavy atom. The molecule has 0 saturated heterocycles. The molecule has 82 valence electrons. The second-order valence-electron chi connectivity index (χ2n) is 2.97. The summed E-state index contributed by atoms with van der Waals surface area (Å²) in [5.41, 5.74) is -0.133. The maximum Gasteiger partial charge on any atom is 0.340 e. The van der Waals surface area contributed by atoms with Crippen molar-refractivity contribution in [2.75, 3.05) is 18.5 Å². The zero-order valence-electron chi connectivity index (χ0n) is 8.03. The summed E-state index contributed by atoms with van der Waals surface area (Å²) < 4.78 is 13.1. The van der Waals surface area contributed by atoms with Gasteiger partial charge in [0.05, 0.1) is 5.69 Å². The number of hydrogen-bond donors (Lipinski definition) is 3. The molecular weight excluding hydrogens is 201 g/mol. The Labute approximate surface area is 86.4 Å². The number of carbonyl (C=O) groups is 1. The van der Waals surface area contributed by atoms with Crippen LogP contribution in [0.4, 0.5) is 10.1 Å². The van der Waals surface area contributed by atoms with Gasteiger partial charge in [-0.05, 0) is 18.6 Å². The average Bonchev–Trinajstić information content (AvgIpc) is 2.17. The number of rotatable bonds is 5. The molecule has 0 heterocycles. The summed E-state index contributed by atoms with van der Waals surface area (Å²) in [4.78, 5) is 10.7. The van der Waals surface area contributed by atoms with Crippen molar-refractivity contribution in [1.29, 1.82) is 0 Å². The van der Waals surface area contributed by atoms with Crippen molar-refractivity contribution in [2.24, 2.45) is 0 Å². The molecular formula is C10H12FNO3. The first-order valence-electron chi connectivity index (χ1n) is 4.53. The Kier molecular flexibility index (Phi) is 4.05. The van der Waals surface area contributed by atoms with Crippen LogP contribution in [0.15, 0.2) is 18.2 Å². The SMILES string of the molecule is O=C(O)c1c(F)cccc1NCCCO. The van der Waals surface area contributed by atoms with Crippen LogP contribution >= 0.6 is 0 Å². The van der Waals surface area contributed by atoms with Gasteiger partial charge in [-0.2, -0.15) is 0 Å². The Morgan fingerprint density at radius 3 is 2.80 bits per heavy atom. The lowest BCUT2D eigenvalue weighted by molar-refractivity contribution is 0.0693. The van der Waals surface area contributed by atoms with Gasteiger partial charge >= 0.3 is 5.97 Å². The van der Waals surface area contributed by atoms with E-state index in [1.54, 1.807) is 0 Å². The molecule has 0 aliphatic carbocycles. The van der Waals surface area contributed by atoms with Gasteiger partial charge in [0.1, 0.15) is 11.4 Å². The Hall–Kier alpha value is -1.62. The van der Waals surface area contributed by atoms with Crippen LogP contribution in [0.2, 0.25) is 0 Å². The van der Waals surface area contributed by atoms with E-state index in [-0.39, 0.29) is 17.9 Å². The van der Waals surface area contributed by atoms with Gasteiger partial charge in [-0.3, -0.25) is 0 Å². The molecule has 0 fully saturated rings. The molecule has 0 aromatic heterocycles. The predicted octanol–water partition coefficient (Wildman–Crippen LogP) is 1.32. The summed E-state index contributed by atoms with van der Waals surface area (Å²) in [5.74, 6) is -2.07. The molecule has 1 aromatic carbocycles. The number of carboxylic acid groups (broad SMARTS) is 1. The fourth-order valence-electron chi connectivity index (χ4n) is 1.19. The second-order valence-corrected chi connectivity index (χ2v) is 2.97. The van der Waals surface area contributed by atoms with E-state index in [1.807, 2.05) is 0 Å². The third kappa shape index (κ3) is 2.92. The zero-order chi connectivity index (χ0) is 11.3. The molecule has 0 saturated carbocycles. The highest BCUT2D eigenvalue weighted by molar-refractivity contribution is 5.94. The molecule has 1 aromatic rings. The van der Waals surface area contributed by atoms with Crippen LogP contribution in [-0.4, -0.2) is 29.3 Å². The van der Waals surface area contributed by atoms with Crippen molar-refractivity contribution in [3.05, 3.63) is 29.6 Å². The van der Waals surface area contributed by atoms with E-state index < -0.39 is 11.8 Å². The molecule has 0 unspecified atom stereocenters. The second kappa shape index (κ2) is 5.31. The van der Waals surface area contributed by atoms with Crippen LogP contribution in [0.25, 0.3) is 0 Å². The standard InChI is InChI=1S/C10H12FNO3/c11-7-3-1-4-8(9(7)10(14)15)12-5-2-6-13/h1,3-4,12-13H,2,5-6H2,(H,14,15). The lowest BCUT2D eigenvalue weighted by Gasteiger charge is -2.09. The minimum atomic E-state index is -1.31. The van der Waals surface area contributed by atoms with Gasteiger partial charge in [-0.1, -0.05) is 6.07 Å². The maximum absolute atomic E-state index is 13.1. The first kappa shape index (κ1) is 11.5. The van der Waals surface area contributed by atoms with E-state index in [2.05, 4.69) is 5.32 Å². The van der Waals surface area contributed by atoms with Crippen LogP contribution in [0, 0.1) is 5.82 Å². The van der Waals surface area contributed by atoms with Crippen molar-refractivity contribution in [3.8, 4) is 0 Å². The Morgan fingerprint density at radius 2 is 2.20 bits per heavy atom. The van der Waals surface area contributed by atoms with E-state index >= 15 is 0 Å². The third-order valence-corrected chi connectivity index (χ3v) is 1.88. The lowest BCUT2D eigenvalue weighted by atomic mass is 10.1. The number of halogens is 1. The largest absolute Gasteiger partial charge is 0.478 e. The van der Waals surface area contributed by atoms with Crippen LogP contribution in [-0.2, 0) is 0 Å². The molecule has 15 heavy (non-hydrogen) atoms. The average molecular weight is 213 g/mol. The number of nitrogens with one attached hydrogen (secondary N) is 1. The molecule has 0 spiro atoms. The number of benzene rings is 1. The predicted molar refractivity (Wildman–Crippen MR) is 53.6 cm³/mol. The number of aromatic carboxylic acids is 1. The quantitative estimate of drug-likeness (QED) is 0.645. The maximum atomic E-state index is 13.1. The first-order valence-corrected chi connectivity index (χ1v) is 4.53. The molecule has 0 radical (unpaired) electrons. The van der Waals surface area contributed by atoms with Crippen LogP contribution < -0.4 is 5.32 Å². The highest BCUT2D eigenvalue weighted by Crippen LogP contribution is 2.18. The molecule has 1 rings (SSSR count). The van der Waals surface area contributed by atoms with E-state index in [0.29, 0.717) is 13.0 Å². The molecule has 0 aliphatic rings. The fourth-order valence-corrected chi connectivity index (χ4v) is 1.19. The van der Waals surface area contributed by atoms with Crippen LogP contribution in [0.5, 0.6) is 0 Å². The normalized spacial score (nSPS) is 10.0. The number of hydrogen-bond acceptors (Lipinski definition) is 3. The summed E-state index contributed by atoms with van der Waals surface area (Å²) in [5, 5.41) is 20.1. The summed E-state index contributed by atoms with van der Waals surface area (Å²) >= 11 is 0. The number of aliphatic hydroxyl groups is 1. The summed E-state index contributed by atoms with van der Waals surface area (Å²) in [6, 6.07) is 4.02. The minimum absolute atomic E-state index is 0.00468. The summed E-state index contributed by atoms with van der Waals surface area (Å²) in [6.07, 6.45) is 0.482. The number of anilines is 1. The summed E-state index contributed by atoms with van der Waals surface area (Å²) in [6.45, 7) is 0.408. The highest BCUT2D eigenvalue weighted by Gasteiger charge is 2.14. The van der Waals surface area contributed by atoms with Crippen molar-refractivity contribution < 1.29 is 19.4 Å². The molecule has 0 atom stereocenters. The zero-order valence-corrected chi connectivity index (χ0v) is 8.03. The molecule has 0 amide bonds. The topological polar surface area (TPSA) is 69.6 Å². The number of carboxylic acids is 1. The van der Waals surface area contributed by atoms with Gasteiger partial charge in [-0.15, -0.1) is 0 Å². The smallest absolute Gasteiger partial charge is 0.340 e. The minimum Gasteiger partial charge on any atom is -0.478 e. The van der Waals surface area contributed by atoms with E-state index in [1.165, 1.54) is 12.1 Å². The van der Waals surface area contributed by atoms with Gasteiger partial charge in [0.25, 0.3) is 0 Å². The van der Waals surface area contributed by atoms with Gasteiger partial charge in [0.2, 0.25) is 0 Å². The van der Waals surface area contributed by atoms with Gasteiger partial charge in [0, 0.05) is 13.2 Å². The lowest BCUT2D eigenvalue weighted by Crippen LogP contribution is -2.10. The van der Waals surface area contributed by atoms with Crippen molar-refractivity contribution in [1.82, 2.24) is 0 Å². The first-order chi connectivity index (χ1) is 7.16. The summed E-state index contributed by atoms with van der Waals surface area (Å²) in [7, 11) is 0. The Balaban J connectivity index is 2.86. The Bertz CT molecular complexity index is 355. The molecule has 0 bridgehead atoms. The van der Waals surface area contributed by atoms with Crippen molar-refractivity contribution in [3.63, 3.8) is 0 Å². The molecule has 5 heteroatoms. The number of aliphatic hydroxyl groups excluding tert-OH is 1.